The number of benzene rings is 4. The Morgan fingerprint density at radius 3 is 2.32 bits per heavy atom. The summed E-state index contributed by atoms with van der Waals surface area (Å²) in [5.41, 5.74) is 0.704. The van der Waals surface area contributed by atoms with E-state index in [1.807, 2.05) is 60.7 Å². The van der Waals surface area contributed by atoms with Crippen LogP contribution in [0.1, 0.15) is 27.9 Å². The summed E-state index contributed by atoms with van der Waals surface area (Å²) in [4.78, 5) is 28.0. The van der Waals surface area contributed by atoms with Crippen LogP contribution < -0.4 is 4.90 Å². The van der Waals surface area contributed by atoms with Crippen LogP contribution in [0, 0.1) is 0 Å². The lowest BCUT2D eigenvalue weighted by Crippen LogP contribution is -2.41. The first kappa shape index (κ1) is 19.2. The van der Waals surface area contributed by atoms with Crippen molar-refractivity contribution in [1.29, 1.82) is 0 Å². The smallest absolute Gasteiger partial charge is 0.264 e. The topological polar surface area (TPSA) is 57.6 Å². The number of anilines is 1. The molecule has 4 aromatic carbocycles. The highest BCUT2D eigenvalue weighted by Gasteiger charge is 2.50. The van der Waals surface area contributed by atoms with Crippen LogP contribution in [0.15, 0.2) is 97.1 Å². The monoisotopic (exact) mass is 407 g/mol. The van der Waals surface area contributed by atoms with Gasteiger partial charge in [0.1, 0.15) is 0 Å². The maximum atomic E-state index is 13.5. The van der Waals surface area contributed by atoms with E-state index < -0.39 is 11.5 Å². The number of nitrogens with zero attached hydrogens (tertiary/aromatic N) is 1. The lowest BCUT2D eigenvalue weighted by atomic mass is 9.88. The maximum Gasteiger partial charge on any atom is 0.264 e. The molecule has 1 atom stereocenters. The highest BCUT2D eigenvalue weighted by atomic mass is 16.3. The van der Waals surface area contributed by atoms with E-state index in [4.69, 9.17) is 0 Å². The normalized spacial score (nSPS) is 17.7. The fourth-order valence-corrected chi connectivity index (χ4v) is 4.39. The fraction of sp³-hybridized carbons (Fsp3) is 0.111. The molecule has 152 valence electrons. The van der Waals surface area contributed by atoms with Gasteiger partial charge in [0.25, 0.3) is 5.91 Å². The van der Waals surface area contributed by atoms with Crippen molar-refractivity contribution in [1.82, 2.24) is 0 Å². The van der Waals surface area contributed by atoms with E-state index in [-0.39, 0.29) is 12.2 Å². The van der Waals surface area contributed by atoms with E-state index in [9.17, 15) is 14.7 Å². The second-order valence-corrected chi connectivity index (χ2v) is 7.87. The highest BCUT2D eigenvalue weighted by Crippen LogP contribution is 2.43. The molecule has 1 N–H and O–H groups in total. The van der Waals surface area contributed by atoms with Crippen molar-refractivity contribution in [3.05, 3.63) is 114 Å². The molecule has 0 unspecified atom stereocenters. The second kappa shape index (κ2) is 7.49. The highest BCUT2D eigenvalue weighted by molar-refractivity contribution is 6.11. The number of rotatable bonds is 5. The maximum absolute atomic E-state index is 13.5. The predicted molar refractivity (Wildman–Crippen MR) is 121 cm³/mol. The Morgan fingerprint density at radius 2 is 1.48 bits per heavy atom. The van der Waals surface area contributed by atoms with Crippen molar-refractivity contribution in [2.24, 2.45) is 0 Å². The number of aliphatic hydroxyl groups is 1. The van der Waals surface area contributed by atoms with Gasteiger partial charge in [-0.15, -0.1) is 0 Å². The molecule has 0 spiro atoms. The number of hydrogen-bond acceptors (Lipinski definition) is 3. The molecule has 4 nitrogen and oxygen atoms in total. The van der Waals surface area contributed by atoms with Crippen molar-refractivity contribution in [2.75, 3.05) is 4.90 Å². The average molecular weight is 407 g/mol. The van der Waals surface area contributed by atoms with Crippen molar-refractivity contribution in [2.45, 2.75) is 18.6 Å². The van der Waals surface area contributed by atoms with Crippen LogP contribution in [0.2, 0.25) is 0 Å². The summed E-state index contributed by atoms with van der Waals surface area (Å²) in [5.74, 6) is -0.732. The molecule has 5 rings (SSSR count). The Kier molecular flexibility index (Phi) is 4.64. The molecule has 0 radical (unpaired) electrons. The summed E-state index contributed by atoms with van der Waals surface area (Å²) in [6, 6.07) is 30.0. The zero-order valence-corrected chi connectivity index (χ0v) is 16.9. The zero-order chi connectivity index (χ0) is 21.4. The summed E-state index contributed by atoms with van der Waals surface area (Å²) in [7, 11) is 0. The van der Waals surface area contributed by atoms with E-state index in [2.05, 4.69) is 0 Å². The summed E-state index contributed by atoms with van der Waals surface area (Å²) < 4.78 is 0. The molecule has 1 heterocycles. The molecule has 1 aliphatic heterocycles. The van der Waals surface area contributed by atoms with Crippen molar-refractivity contribution in [3.8, 4) is 0 Å². The van der Waals surface area contributed by atoms with E-state index >= 15 is 0 Å². The second-order valence-electron chi connectivity index (χ2n) is 7.87. The van der Waals surface area contributed by atoms with Gasteiger partial charge in [-0.25, -0.2) is 0 Å². The minimum absolute atomic E-state index is 0.265. The van der Waals surface area contributed by atoms with Gasteiger partial charge in [0, 0.05) is 11.1 Å². The van der Waals surface area contributed by atoms with Crippen molar-refractivity contribution in [3.63, 3.8) is 0 Å². The van der Waals surface area contributed by atoms with Gasteiger partial charge in [0.05, 0.1) is 18.7 Å². The lowest BCUT2D eigenvalue weighted by molar-refractivity contribution is -0.136. The van der Waals surface area contributed by atoms with Gasteiger partial charge < -0.3 is 10.0 Å². The van der Waals surface area contributed by atoms with Crippen LogP contribution in [-0.2, 0) is 16.9 Å². The lowest BCUT2D eigenvalue weighted by Gasteiger charge is -2.23. The Bertz CT molecular complexity index is 1290. The minimum Gasteiger partial charge on any atom is -0.375 e. The molecule has 4 aromatic rings. The summed E-state index contributed by atoms with van der Waals surface area (Å²) in [6.45, 7) is 0.318. The number of hydrogen-bond donors (Lipinski definition) is 1. The standard InChI is InChI=1S/C27H21NO3/c29-25(20-10-2-1-3-11-20)17-27(31)23-15-6-7-16-24(23)28(26(27)30)18-21-13-8-12-19-9-4-5-14-22(19)21/h1-16,31H,17-18H2/t27-/m1/s1. The van der Waals surface area contributed by atoms with Crippen LogP contribution in [-0.4, -0.2) is 16.8 Å². The van der Waals surface area contributed by atoms with Crippen molar-refractivity contribution >= 4 is 28.2 Å². The summed E-state index contributed by atoms with van der Waals surface area (Å²) >= 11 is 0. The van der Waals surface area contributed by atoms with Crippen LogP contribution >= 0.6 is 0 Å². The summed E-state index contributed by atoms with van der Waals surface area (Å²) in [5, 5.41) is 13.6. The van der Waals surface area contributed by atoms with E-state index in [0.717, 1.165) is 16.3 Å². The van der Waals surface area contributed by atoms with E-state index in [1.54, 1.807) is 41.3 Å². The number of carbonyl (C=O) groups excluding carboxylic acids is 2. The van der Waals surface area contributed by atoms with Gasteiger partial charge >= 0.3 is 0 Å². The van der Waals surface area contributed by atoms with Crippen LogP contribution in [0.25, 0.3) is 10.8 Å². The first-order valence-electron chi connectivity index (χ1n) is 10.3. The molecular weight excluding hydrogens is 386 g/mol. The van der Waals surface area contributed by atoms with Crippen LogP contribution in [0.5, 0.6) is 0 Å². The Labute approximate surface area is 180 Å². The van der Waals surface area contributed by atoms with Gasteiger partial charge in [-0.05, 0) is 22.4 Å². The zero-order valence-electron chi connectivity index (χ0n) is 16.9. The molecule has 0 saturated heterocycles. The molecule has 0 aliphatic carbocycles. The van der Waals surface area contributed by atoms with Gasteiger partial charge in [0.2, 0.25) is 0 Å². The Morgan fingerprint density at radius 1 is 0.806 bits per heavy atom. The average Bonchev–Trinajstić information content (AvgIpc) is 3.02. The quantitative estimate of drug-likeness (QED) is 0.481. The molecule has 0 fully saturated rings. The van der Waals surface area contributed by atoms with E-state index in [1.165, 1.54) is 0 Å². The third kappa shape index (κ3) is 3.22. The third-order valence-corrected chi connectivity index (χ3v) is 5.96. The number of amides is 1. The molecule has 4 heteroatoms. The number of carbonyl (C=O) groups is 2. The molecule has 0 saturated carbocycles. The Hall–Kier alpha value is -3.76. The number of para-hydroxylation sites is 1. The SMILES string of the molecule is O=C(C[C@]1(O)C(=O)N(Cc2cccc3ccccc23)c2ccccc21)c1ccccc1. The fourth-order valence-electron chi connectivity index (χ4n) is 4.39. The van der Waals surface area contributed by atoms with Gasteiger partial charge in [0.15, 0.2) is 11.4 Å². The van der Waals surface area contributed by atoms with Gasteiger partial charge in [-0.2, -0.15) is 0 Å². The Balaban J connectivity index is 1.53. The van der Waals surface area contributed by atoms with Gasteiger partial charge in [-0.3, -0.25) is 9.59 Å². The van der Waals surface area contributed by atoms with Crippen LogP contribution in [0.4, 0.5) is 5.69 Å². The van der Waals surface area contributed by atoms with E-state index in [0.29, 0.717) is 23.4 Å². The largest absolute Gasteiger partial charge is 0.375 e. The number of Topliss-reactive ketones (excluding diaryl/α,β-unsaturated/α-hetero) is 1. The first-order valence-corrected chi connectivity index (χ1v) is 10.3. The van der Waals surface area contributed by atoms with Crippen LogP contribution in [0.3, 0.4) is 0 Å². The molecule has 31 heavy (non-hydrogen) atoms. The molecule has 1 aliphatic rings. The molecule has 0 bridgehead atoms. The molecule has 1 amide bonds. The van der Waals surface area contributed by atoms with Gasteiger partial charge in [-0.1, -0.05) is 91.0 Å². The van der Waals surface area contributed by atoms with Crippen molar-refractivity contribution < 1.29 is 14.7 Å². The number of fused-ring (bicyclic) bond motifs is 2. The first-order chi connectivity index (χ1) is 15.1. The molecular formula is C27H21NO3. The summed E-state index contributed by atoms with van der Waals surface area (Å²) in [6.07, 6.45) is -0.293. The number of ketones is 1. The third-order valence-electron chi connectivity index (χ3n) is 5.96. The molecule has 0 aromatic heterocycles. The minimum atomic E-state index is -1.88. The predicted octanol–water partition coefficient (Wildman–Crippen LogP) is 4.85.